The van der Waals surface area contributed by atoms with Crippen LogP contribution < -0.4 is 5.32 Å². The van der Waals surface area contributed by atoms with Crippen molar-refractivity contribution in [2.75, 3.05) is 19.6 Å². The molecular formula is C16H24BrFN2. The summed E-state index contributed by atoms with van der Waals surface area (Å²) in [7, 11) is 0. The van der Waals surface area contributed by atoms with Crippen molar-refractivity contribution in [2.45, 2.75) is 39.3 Å². The van der Waals surface area contributed by atoms with Gasteiger partial charge in [-0.3, -0.25) is 4.90 Å². The Kier molecular flexibility index (Phi) is 6.00. The van der Waals surface area contributed by atoms with Gasteiger partial charge in [0.15, 0.2) is 0 Å². The molecule has 0 aliphatic carbocycles. The van der Waals surface area contributed by atoms with Gasteiger partial charge in [-0.2, -0.15) is 0 Å². The van der Waals surface area contributed by atoms with E-state index in [1.807, 2.05) is 6.07 Å². The summed E-state index contributed by atoms with van der Waals surface area (Å²) in [4.78, 5) is 2.44. The summed E-state index contributed by atoms with van der Waals surface area (Å²) in [5, 5.41) is 3.63. The summed E-state index contributed by atoms with van der Waals surface area (Å²) >= 11 is 3.37. The van der Waals surface area contributed by atoms with Crippen molar-refractivity contribution in [1.82, 2.24) is 10.2 Å². The molecule has 20 heavy (non-hydrogen) atoms. The fourth-order valence-corrected chi connectivity index (χ4v) is 3.42. The standard InChI is InChI=1S/C16H24BrFN2/c1-12(2)6-16-11-20(5-3-4-19-16)10-13-7-14(17)9-15(18)8-13/h7-9,12,16,19H,3-6,10-11H2,1-2H3. The first-order valence-electron chi connectivity index (χ1n) is 7.43. The van der Waals surface area contributed by atoms with Crippen LogP contribution in [-0.4, -0.2) is 30.6 Å². The zero-order valence-corrected chi connectivity index (χ0v) is 13.9. The Morgan fingerprint density at radius 3 is 2.90 bits per heavy atom. The number of rotatable bonds is 4. The van der Waals surface area contributed by atoms with Gasteiger partial charge in [-0.15, -0.1) is 0 Å². The molecule has 0 spiro atoms. The van der Waals surface area contributed by atoms with E-state index in [1.165, 1.54) is 12.5 Å². The van der Waals surface area contributed by atoms with Crippen LogP contribution in [0.4, 0.5) is 4.39 Å². The van der Waals surface area contributed by atoms with E-state index in [9.17, 15) is 4.39 Å². The van der Waals surface area contributed by atoms with Crippen LogP contribution in [0.2, 0.25) is 0 Å². The lowest BCUT2D eigenvalue weighted by Crippen LogP contribution is -2.38. The van der Waals surface area contributed by atoms with E-state index < -0.39 is 0 Å². The van der Waals surface area contributed by atoms with Gasteiger partial charge in [0.05, 0.1) is 0 Å². The van der Waals surface area contributed by atoms with Crippen LogP contribution in [0.15, 0.2) is 22.7 Å². The fourth-order valence-electron chi connectivity index (χ4n) is 2.91. The highest BCUT2D eigenvalue weighted by Gasteiger charge is 2.18. The second-order valence-electron chi connectivity index (χ2n) is 6.15. The maximum atomic E-state index is 13.5. The molecule has 1 fully saturated rings. The zero-order valence-electron chi connectivity index (χ0n) is 12.3. The molecule has 4 heteroatoms. The van der Waals surface area contributed by atoms with Gasteiger partial charge in [0.25, 0.3) is 0 Å². The van der Waals surface area contributed by atoms with E-state index in [4.69, 9.17) is 0 Å². The van der Waals surface area contributed by atoms with E-state index in [1.54, 1.807) is 6.07 Å². The summed E-state index contributed by atoms with van der Waals surface area (Å²) in [5.74, 6) is 0.539. The lowest BCUT2D eigenvalue weighted by atomic mass is 10.0. The van der Waals surface area contributed by atoms with Crippen molar-refractivity contribution in [1.29, 1.82) is 0 Å². The number of hydrogen-bond acceptors (Lipinski definition) is 2. The van der Waals surface area contributed by atoms with E-state index >= 15 is 0 Å². The Hall–Kier alpha value is -0.450. The molecule has 1 aromatic carbocycles. The highest BCUT2D eigenvalue weighted by atomic mass is 79.9. The maximum Gasteiger partial charge on any atom is 0.124 e. The van der Waals surface area contributed by atoms with Gasteiger partial charge in [0.2, 0.25) is 0 Å². The van der Waals surface area contributed by atoms with E-state index in [0.29, 0.717) is 12.0 Å². The SMILES string of the molecule is CC(C)CC1CN(Cc2cc(F)cc(Br)c2)CCCN1. The lowest BCUT2D eigenvalue weighted by molar-refractivity contribution is 0.247. The number of hydrogen-bond donors (Lipinski definition) is 1. The van der Waals surface area contributed by atoms with Crippen LogP contribution in [0.5, 0.6) is 0 Å². The molecule has 1 atom stereocenters. The maximum absolute atomic E-state index is 13.5. The van der Waals surface area contributed by atoms with Crippen molar-refractivity contribution in [2.24, 2.45) is 5.92 Å². The molecule has 0 bridgehead atoms. The molecule has 1 heterocycles. The number of halogens is 2. The molecule has 1 unspecified atom stereocenters. The Morgan fingerprint density at radius 1 is 1.40 bits per heavy atom. The molecule has 2 rings (SSSR count). The van der Waals surface area contributed by atoms with E-state index in [2.05, 4.69) is 40.0 Å². The summed E-state index contributed by atoms with van der Waals surface area (Å²) in [5.41, 5.74) is 1.04. The van der Waals surface area contributed by atoms with Crippen molar-refractivity contribution < 1.29 is 4.39 Å². The minimum absolute atomic E-state index is 0.166. The molecule has 0 amide bonds. The van der Waals surface area contributed by atoms with Crippen molar-refractivity contribution >= 4 is 15.9 Å². The summed E-state index contributed by atoms with van der Waals surface area (Å²) < 4.78 is 14.3. The summed E-state index contributed by atoms with van der Waals surface area (Å²) in [6, 6.07) is 5.71. The Morgan fingerprint density at radius 2 is 2.20 bits per heavy atom. The quantitative estimate of drug-likeness (QED) is 0.895. The molecule has 0 aromatic heterocycles. The van der Waals surface area contributed by atoms with Crippen LogP contribution in [0, 0.1) is 11.7 Å². The molecule has 1 N–H and O–H groups in total. The van der Waals surface area contributed by atoms with Gasteiger partial charge in [0, 0.05) is 23.6 Å². The number of benzene rings is 1. The minimum Gasteiger partial charge on any atom is -0.313 e. The normalized spacial score (nSPS) is 21.1. The zero-order chi connectivity index (χ0) is 14.5. The van der Waals surface area contributed by atoms with Crippen molar-refractivity contribution in [3.05, 3.63) is 34.1 Å². The number of nitrogens with zero attached hydrogens (tertiary/aromatic N) is 1. The molecule has 2 nitrogen and oxygen atoms in total. The predicted molar refractivity (Wildman–Crippen MR) is 85.2 cm³/mol. The number of nitrogens with one attached hydrogen (secondary N) is 1. The van der Waals surface area contributed by atoms with E-state index in [0.717, 1.165) is 42.6 Å². The smallest absolute Gasteiger partial charge is 0.124 e. The predicted octanol–water partition coefficient (Wildman–Crippen LogP) is 3.80. The van der Waals surface area contributed by atoms with Crippen LogP contribution in [0.25, 0.3) is 0 Å². The molecule has 0 radical (unpaired) electrons. The molecule has 112 valence electrons. The third kappa shape index (κ3) is 5.15. The minimum atomic E-state index is -0.166. The van der Waals surface area contributed by atoms with Gasteiger partial charge >= 0.3 is 0 Å². The lowest BCUT2D eigenvalue weighted by Gasteiger charge is -2.25. The highest BCUT2D eigenvalue weighted by Crippen LogP contribution is 2.18. The molecule has 1 saturated heterocycles. The van der Waals surface area contributed by atoms with Gasteiger partial charge in [-0.25, -0.2) is 4.39 Å². The fraction of sp³-hybridized carbons (Fsp3) is 0.625. The average Bonchev–Trinajstić information content (AvgIpc) is 2.52. The second kappa shape index (κ2) is 7.53. The van der Waals surface area contributed by atoms with Gasteiger partial charge in [0.1, 0.15) is 5.82 Å². The van der Waals surface area contributed by atoms with Crippen LogP contribution in [-0.2, 0) is 6.54 Å². The first-order valence-corrected chi connectivity index (χ1v) is 8.23. The first-order chi connectivity index (χ1) is 9.52. The third-order valence-corrected chi connectivity index (χ3v) is 4.10. The Balaban J connectivity index is 1.99. The Labute approximate surface area is 129 Å². The monoisotopic (exact) mass is 342 g/mol. The van der Waals surface area contributed by atoms with Gasteiger partial charge in [-0.05, 0) is 55.6 Å². The third-order valence-electron chi connectivity index (χ3n) is 3.65. The van der Waals surface area contributed by atoms with E-state index in [-0.39, 0.29) is 5.82 Å². The highest BCUT2D eigenvalue weighted by molar-refractivity contribution is 9.10. The van der Waals surface area contributed by atoms with Crippen molar-refractivity contribution in [3.8, 4) is 0 Å². The average molecular weight is 343 g/mol. The molecule has 1 aromatic rings. The molecule has 0 saturated carbocycles. The summed E-state index contributed by atoms with van der Waals surface area (Å²) in [6.07, 6.45) is 2.36. The molecular weight excluding hydrogens is 319 g/mol. The van der Waals surface area contributed by atoms with Crippen LogP contribution >= 0.6 is 15.9 Å². The van der Waals surface area contributed by atoms with Crippen LogP contribution in [0.1, 0.15) is 32.3 Å². The molecule has 1 aliphatic heterocycles. The summed E-state index contributed by atoms with van der Waals surface area (Å²) in [6.45, 7) is 8.57. The molecule has 1 aliphatic rings. The van der Waals surface area contributed by atoms with Gasteiger partial charge in [-0.1, -0.05) is 29.8 Å². The largest absolute Gasteiger partial charge is 0.313 e. The second-order valence-corrected chi connectivity index (χ2v) is 7.06. The van der Waals surface area contributed by atoms with Crippen LogP contribution in [0.3, 0.4) is 0 Å². The topological polar surface area (TPSA) is 15.3 Å². The first kappa shape index (κ1) is 15.9. The Bertz CT molecular complexity index is 416. The van der Waals surface area contributed by atoms with Crippen molar-refractivity contribution in [3.63, 3.8) is 0 Å². The van der Waals surface area contributed by atoms with Gasteiger partial charge < -0.3 is 5.32 Å².